The molecule has 1 aromatic carbocycles. The third-order valence-electron chi connectivity index (χ3n) is 4.51. The van der Waals surface area contributed by atoms with Crippen molar-refractivity contribution in [2.45, 2.75) is 71.1 Å². The van der Waals surface area contributed by atoms with Crippen LogP contribution in [0.4, 0.5) is 0 Å². The minimum Gasteiger partial charge on any atom is -0.372 e. The van der Waals surface area contributed by atoms with E-state index in [4.69, 9.17) is 23.7 Å². The maximum Gasteiger partial charge on any atom is 0.178 e. The van der Waals surface area contributed by atoms with E-state index in [2.05, 4.69) is 12.1 Å². The average Bonchev–Trinajstić information content (AvgIpc) is 3.05. The summed E-state index contributed by atoms with van der Waals surface area (Å²) in [5.41, 5.74) is 2.29. The van der Waals surface area contributed by atoms with Crippen molar-refractivity contribution >= 4 is 0 Å². The van der Waals surface area contributed by atoms with Gasteiger partial charge in [0, 0.05) is 6.42 Å². The van der Waals surface area contributed by atoms with Crippen LogP contribution in [0.5, 0.6) is 0 Å². The number of benzene rings is 1. The van der Waals surface area contributed by atoms with E-state index in [1.807, 2.05) is 45.0 Å². The summed E-state index contributed by atoms with van der Waals surface area (Å²) in [5.74, 6) is 0. The number of rotatable bonds is 8. The Hall–Kier alpha value is -1.24. The highest BCUT2D eigenvalue weighted by atomic mass is 16.7. The first-order valence-electron chi connectivity index (χ1n) is 9.49. The molecule has 0 N–H and O–H groups in total. The summed E-state index contributed by atoms with van der Waals surface area (Å²) in [5, 5.41) is 0. The van der Waals surface area contributed by atoms with Crippen molar-refractivity contribution in [3.8, 4) is 0 Å². The van der Waals surface area contributed by atoms with Gasteiger partial charge in [0.1, 0.15) is 0 Å². The molecule has 5 heteroatoms. The molecule has 144 valence electrons. The second kappa shape index (κ2) is 9.62. The smallest absolute Gasteiger partial charge is 0.178 e. The Labute approximate surface area is 156 Å². The molecule has 0 aliphatic carbocycles. The zero-order chi connectivity index (χ0) is 18.4. The molecule has 0 aromatic heterocycles. The van der Waals surface area contributed by atoms with Gasteiger partial charge in [0.15, 0.2) is 12.6 Å². The fourth-order valence-corrected chi connectivity index (χ4v) is 3.21. The monoisotopic (exact) mass is 362 g/mol. The minimum atomic E-state index is -0.316. The third kappa shape index (κ3) is 5.89. The van der Waals surface area contributed by atoms with Gasteiger partial charge in [-0.05, 0) is 44.4 Å². The van der Waals surface area contributed by atoms with E-state index < -0.39 is 0 Å². The van der Waals surface area contributed by atoms with Crippen LogP contribution in [-0.4, -0.2) is 44.1 Å². The molecule has 4 atom stereocenters. The van der Waals surface area contributed by atoms with Crippen LogP contribution in [0.2, 0.25) is 0 Å². The molecule has 1 fully saturated rings. The van der Waals surface area contributed by atoms with Gasteiger partial charge in [-0.15, -0.1) is 0 Å². The summed E-state index contributed by atoms with van der Waals surface area (Å²) in [6.45, 7) is 7.80. The lowest BCUT2D eigenvalue weighted by atomic mass is 10.1. The fourth-order valence-electron chi connectivity index (χ4n) is 3.21. The van der Waals surface area contributed by atoms with Crippen molar-refractivity contribution in [2.75, 3.05) is 13.2 Å². The van der Waals surface area contributed by atoms with E-state index in [0.29, 0.717) is 19.8 Å². The van der Waals surface area contributed by atoms with Crippen LogP contribution in [0, 0.1) is 0 Å². The molecular weight excluding hydrogens is 332 g/mol. The first-order chi connectivity index (χ1) is 12.6. The summed E-state index contributed by atoms with van der Waals surface area (Å²) < 4.78 is 29.2. The molecule has 2 aliphatic rings. The molecule has 0 radical (unpaired) electrons. The van der Waals surface area contributed by atoms with E-state index >= 15 is 0 Å². The molecule has 1 aromatic rings. The van der Waals surface area contributed by atoms with E-state index in [9.17, 15) is 0 Å². The number of hydrogen-bond acceptors (Lipinski definition) is 5. The van der Waals surface area contributed by atoms with Gasteiger partial charge in [-0.3, -0.25) is 0 Å². The molecular formula is C21H30O5. The molecule has 0 amide bonds. The summed E-state index contributed by atoms with van der Waals surface area (Å²) >= 11 is 0. The predicted molar refractivity (Wildman–Crippen MR) is 98.6 cm³/mol. The van der Waals surface area contributed by atoms with E-state index in [-0.39, 0.29) is 30.9 Å². The average molecular weight is 362 g/mol. The molecule has 0 saturated carbocycles. The van der Waals surface area contributed by atoms with E-state index in [1.165, 1.54) is 5.56 Å². The fraction of sp³-hybridized carbons (Fsp3) is 0.619. The molecule has 0 unspecified atom stereocenters. The quantitative estimate of drug-likeness (QED) is 0.658. The summed E-state index contributed by atoms with van der Waals surface area (Å²) in [4.78, 5) is 0. The Bertz CT molecular complexity index is 571. The Morgan fingerprint density at radius 1 is 1.12 bits per heavy atom. The second-order valence-electron chi connectivity index (χ2n) is 7.19. The van der Waals surface area contributed by atoms with Crippen molar-refractivity contribution in [1.29, 1.82) is 0 Å². The molecule has 5 nitrogen and oxygen atoms in total. The van der Waals surface area contributed by atoms with Gasteiger partial charge in [0.2, 0.25) is 0 Å². The van der Waals surface area contributed by atoms with E-state index in [1.54, 1.807) is 0 Å². The van der Waals surface area contributed by atoms with Crippen LogP contribution in [0.15, 0.2) is 42.0 Å². The molecule has 2 aliphatic heterocycles. The van der Waals surface area contributed by atoms with Crippen molar-refractivity contribution in [2.24, 2.45) is 0 Å². The maximum absolute atomic E-state index is 6.08. The lowest BCUT2D eigenvalue weighted by Crippen LogP contribution is -2.42. The highest BCUT2D eigenvalue weighted by Gasteiger charge is 2.32. The largest absolute Gasteiger partial charge is 0.372 e. The minimum absolute atomic E-state index is 0.0112. The standard InChI is InChI=1S/C21H30O5/c1-15(2)24-20-10-9-19(16(3)25-20)26-21-11-18(14-23-21)13-22-12-17-7-5-4-6-8-17/h4-8,11,15-16,19-21H,9-10,12-14H2,1-3H3/t16-,19+,20+,21-/m0/s1. The topological polar surface area (TPSA) is 46.2 Å². The van der Waals surface area contributed by atoms with Crippen LogP contribution < -0.4 is 0 Å². The molecule has 2 heterocycles. The second-order valence-corrected chi connectivity index (χ2v) is 7.19. The van der Waals surface area contributed by atoms with Crippen LogP contribution >= 0.6 is 0 Å². The highest BCUT2D eigenvalue weighted by molar-refractivity contribution is 5.14. The SMILES string of the molecule is CC(C)O[C@H]1CC[C@@H](O[C@H]2C=C(COCc3ccccc3)CO2)[C@H](C)O1. The summed E-state index contributed by atoms with van der Waals surface area (Å²) in [6, 6.07) is 10.2. The number of hydrogen-bond donors (Lipinski definition) is 0. The molecule has 3 rings (SSSR count). The zero-order valence-electron chi connectivity index (χ0n) is 15.9. The van der Waals surface area contributed by atoms with Gasteiger partial charge in [0.25, 0.3) is 0 Å². The molecule has 26 heavy (non-hydrogen) atoms. The van der Waals surface area contributed by atoms with Gasteiger partial charge < -0.3 is 23.7 Å². The Balaban J connectivity index is 1.39. The maximum atomic E-state index is 6.08. The predicted octanol–water partition coefficient (Wildman–Crippen LogP) is 3.82. The molecule has 0 spiro atoms. The normalized spacial score (nSPS) is 29.2. The lowest BCUT2D eigenvalue weighted by molar-refractivity contribution is -0.255. The van der Waals surface area contributed by atoms with Crippen LogP contribution in [0.25, 0.3) is 0 Å². The number of ether oxygens (including phenoxy) is 5. The van der Waals surface area contributed by atoms with Gasteiger partial charge in [-0.25, -0.2) is 0 Å². The van der Waals surface area contributed by atoms with Gasteiger partial charge in [-0.1, -0.05) is 30.3 Å². The van der Waals surface area contributed by atoms with Crippen LogP contribution in [-0.2, 0) is 30.3 Å². The highest BCUT2D eigenvalue weighted by Crippen LogP contribution is 2.26. The molecule has 1 saturated heterocycles. The van der Waals surface area contributed by atoms with E-state index in [0.717, 1.165) is 18.4 Å². The van der Waals surface area contributed by atoms with Gasteiger partial charge in [0.05, 0.1) is 38.1 Å². The van der Waals surface area contributed by atoms with Crippen molar-refractivity contribution in [1.82, 2.24) is 0 Å². The Morgan fingerprint density at radius 3 is 2.65 bits per heavy atom. The van der Waals surface area contributed by atoms with Crippen LogP contribution in [0.3, 0.4) is 0 Å². The van der Waals surface area contributed by atoms with Crippen molar-refractivity contribution < 1.29 is 23.7 Å². The Morgan fingerprint density at radius 2 is 1.92 bits per heavy atom. The Kier molecular flexibility index (Phi) is 7.23. The van der Waals surface area contributed by atoms with Gasteiger partial charge in [-0.2, -0.15) is 0 Å². The first-order valence-corrected chi connectivity index (χ1v) is 9.49. The van der Waals surface area contributed by atoms with Gasteiger partial charge >= 0.3 is 0 Å². The first kappa shape index (κ1) is 19.5. The zero-order valence-corrected chi connectivity index (χ0v) is 15.9. The molecule has 0 bridgehead atoms. The third-order valence-corrected chi connectivity index (χ3v) is 4.51. The summed E-state index contributed by atoms with van der Waals surface area (Å²) in [7, 11) is 0. The lowest BCUT2D eigenvalue weighted by Gasteiger charge is -2.35. The van der Waals surface area contributed by atoms with Crippen LogP contribution in [0.1, 0.15) is 39.2 Å². The van der Waals surface area contributed by atoms with Crippen molar-refractivity contribution in [3.63, 3.8) is 0 Å². The van der Waals surface area contributed by atoms with Crippen molar-refractivity contribution in [3.05, 3.63) is 47.5 Å². The summed E-state index contributed by atoms with van der Waals surface area (Å²) in [6.07, 6.45) is 3.51.